The first-order valence-electron chi connectivity index (χ1n) is 5.79. The number of nitrogens with zero attached hydrogens (tertiary/aromatic N) is 3. The van der Waals surface area contributed by atoms with Crippen LogP contribution >= 0.6 is 0 Å². The van der Waals surface area contributed by atoms with Gasteiger partial charge in [0, 0.05) is 41.6 Å². The number of rotatable bonds is 1. The Labute approximate surface area is 105 Å². The molecule has 2 aromatic heterocycles. The van der Waals surface area contributed by atoms with Gasteiger partial charge in [0.2, 0.25) is 0 Å². The molecule has 0 saturated carbocycles. The van der Waals surface area contributed by atoms with Crippen LogP contribution in [0.15, 0.2) is 36.8 Å². The summed E-state index contributed by atoms with van der Waals surface area (Å²) >= 11 is 0. The van der Waals surface area contributed by atoms with E-state index in [0.717, 1.165) is 33.3 Å². The minimum atomic E-state index is 0.797. The molecule has 90 valence electrons. The molecule has 2 N–H and O–H groups in total. The van der Waals surface area contributed by atoms with Gasteiger partial charge >= 0.3 is 0 Å². The predicted octanol–water partition coefficient (Wildman–Crippen LogP) is 2.53. The summed E-state index contributed by atoms with van der Waals surface area (Å²) < 4.78 is 1.78. The molecule has 0 spiro atoms. The molecule has 18 heavy (non-hydrogen) atoms. The zero-order chi connectivity index (χ0) is 12.7. The SMILES string of the molecule is Cc1ccc2ncc(-c3cnn(C)c3)cc2c1N. The number of anilines is 1. The zero-order valence-electron chi connectivity index (χ0n) is 10.4. The molecular formula is C14H14N4. The molecule has 0 bridgehead atoms. The third kappa shape index (κ3) is 1.62. The van der Waals surface area contributed by atoms with E-state index in [2.05, 4.69) is 16.1 Å². The van der Waals surface area contributed by atoms with E-state index in [1.807, 2.05) is 44.7 Å². The van der Waals surface area contributed by atoms with Crippen molar-refractivity contribution < 1.29 is 0 Å². The predicted molar refractivity (Wildman–Crippen MR) is 73.1 cm³/mol. The Balaban J connectivity index is 2.24. The van der Waals surface area contributed by atoms with Crippen molar-refractivity contribution in [1.82, 2.24) is 14.8 Å². The van der Waals surface area contributed by atoms with Crippen molar-refractivity contribution in [2.45, 2.75) is 6.92 Å². The van der Waals surface area contributed by atoms with Gasteiger partial charge in [-0.3, -0.25) is 9.67 Å². The van der Waals surface area contributed by atoms with Crippen LogP contribution in [0.5, 0.6) is 0 Å². The van der Waals surface area contributed by atoms with E-state index in [0.29, 0.717) is 0 Å². The van der Waals surface area contributed by atoms with Crippen molar-refractivity contribution in [3.8, 4) is 11.1 Å². The number of aryl methyl sites for hydroxylation is 2. The lowest BCUT2D eigenvalue weighted by Gasteiger charge is -2.06. The van der Waals surface area contributed by atoms with E-state index in [4.69, 9.17) is 5.73 Å². The maximum Gasteiger partial charge on any atom is 0.0723 e. The molecule has 2 heterocycles. The van der Waals surface area contributed by atoms with Crippen LogP contribution in [-0.4, -0.2) is 14.8 Å². The van der Waals surface area contributed by atoms with Gasteiger partial charge in [0.15, 0.2) is 0 Å². The number of pyridine rings is 1. The van der Waals surface area contributed by atoms with Gasteiger partial charge in [0.1, 0.15) is 0 Å². The standard InChI is InChI=1S/C14H14N4/c1-9-3-4-13-12(14(9)15)5-10(6-16-13)11-7-17-18(2)8-11/h3-8H,15H2,1-2H3. The van der Waals surface area contributed by atoms with E-state index < -0.39 is 0 Å². The summed E-state index contributed by atoms with van der Waals surface area (Å²) in [7, 11) is 1.90. The van der Waals surface area contributed by atoms with Crippen LogP contribution in [0.1, 0.15) is 5.56 Å². The van der Waals surface area contributed by atoms with Crippen LogP contribution in [-0.2, 0) is 7.05 Å². The molecule has 0 fully saturated rings. The van der Waals surface area contributed by atoms with Crippen molar-refractivity contribution >= 4 is 16.6 Å². The van der Waals surface area contributed by atoms with Gasteiger partial charge in [-0.25, -0.2) is 0 Å². The number of hydrogen-bond acceptors (Lipinski definition) is 3. The third-order valence-electron chi connectivity index (χ3n) is 3.16. The highest BCUT2D eigenvalue weighted by molar-refractivity contribution is 5.94. The molecule has 0 aliphatic heterocycles. The fraction of sp³-hybridized carbons (Fsp3) is 0.143. The fourth-order valence-electron chi connectivity index (χ4n) is 2.06. The topological polar surface area (TPSA) is 56.7 Å². The summed E-state index contributed by atoms with van der Waals surface area (Å²) in [5.74, 6) is 0. The van der Waals surface area contributed by atoms with Crippen LogP contribution in [0.4, 0.5) is 5.69 Å². The zero-order valence-corrected chi connectivity index (χ0v) is 10.4. The van der Waals surface area contributed by atoms with Crippen molar-refractivity contribution in [2.75, 3.05) is 5.73 Å². The Hall–Kier alpha value is -2.36. The summed E-state index contributed by atoms with van der Waals surface area (Å²) in [6.45, 7) is 2.01. The van der Waals surface area contributed by atoms with Crippen LogP contribution in [0.25, 0.3) is 22.0 Å². The highest BCUT2D eigenvalue weighted by Gasteiger charge is 2.06. The molecule has 0 saturated heterocycles. The van der Waals surface area contributed by atoms with Crippen LogP contribution in [0.3, 0.4) is 0 Å². The Morgan fingerprint density at radius 2 is 2.00 bits per heavy atom. The number of fused-ring (bicyclic) bond motifs is 1. The summed E-state index contributed by atoms with van der Waals surface area (Å²) in [4.78, 5) is 4.45. The smallest absolute Gasteiger partial charge is 0.0723 e. The van der Waals surface area contributed by atoms with E-state index in [1.165, 1.54) is 0 Å². The van der Waals surface area contributed by atoms with Crippen LogP contribution < -0.4 is 5.73 Å². The molecular weight excluding hydrogens is 224 g/mol. The Kier molecular flexibility index (Phi) is 2.30. The molecule has 1 aromatic carbocycles. The van der Waals surface area contributed by atoms with Crippen LogP contribution in [0.2, 0.25) is 0 Å². The second kappa shape index (κ2) is 3.84. The first kappa shape index (κ1) is 10.8. The molecule has 0 aliphatic rings. The maximum atomic E-state index is 6.11. The molecule has 0 unspecified atom stereocenters. The van der Waals surface area contributed by atoms with Gasteiger partial charge in [0.25, 0.3) is 0 Å². The molecule has 4 heteroatoms. The summed E-state index contributed by atoms with van der Waals surface area (Å²) in [6.07, 6.45) is 5.65. The Morgan fingerprint density at radius 1 is 1.17 bits per heavy atom. The van der Waals surface area contributed by atoms with Gasteiger partial charge in [-0.15, -0.1) is 0 Å². The molecule has 3 rings (SSSR count). The van der Waals surface area contributed by atoms with E-state index in [-0.39, 0.29) is 0 Å². The lowest BCUT2D eigenvalue weighted by Crippen LogP contribution is -1.93. The van der Waals surface area contributed by atoms with Crippen molar-refractivity contribution in [3.63, 3.8) is 0 Å². The molecule has 3 aromatic rings. The molecule has 0 atom stereocenters. The van der Waals surface area contributed by atoms with Crippen LogP contribution in [0, 0.1) is 6.92 Å². The first-order valence-corrected chi connectivity index (χ1v) is 5.79. The average molecular weight is 238 g/mol. The highest BCUT2D eigenvalue weighted by atomic mass is 15.2. The van der Waals surface area contributed by atoms with E-state index in [9.17, 15) is 0 Å². The lowest BCUT2D eigenvalue weighted by molar-refractivity contribution is 0.768. The molecule has 0 aliphatic carbocycles. The molecule has 0 amide bonds. The number of aromatic nitrogens is 3. The Bertz CT molecular complexity index is 728. The number of nitrogens with two attached hydrogens (primary N) is 1. The number of hydrogen-bond donors (Lipinski definition) is 1. The van der Waals surface area contributed by atoms with Crippen molar-refractivity contribution in [1.29, 1.82) is 0 Å². The average Bonchev–Trinajstić information content (AvgIpc) is 2.80. The molecule has 0 radical (unpaired) electrons. The maximum absolute atomic E-state index is 6.11. The second-order valence-electron chi connectivity index (χ2n) is 4.49. The fourth-order valence-corrected chi connectivity index (χ4v) is 2.06. The summed E-state index contributed by atoms with van der Waals surface area (Å²) in [5.41, 5.74) is 11.0. The van der Waals surface area contributed by atoms with Crippen molar-refractivity contribution in [3.05, 3.63) is 42.4 Å². The van der Waals surface area contributed by atoms with Gasteiger partial charge in [-0.1, -0.05) is 6.07 Å². The first-order chi connectivity index (χ1) is 8.65. The Morgan fingerprint density at radius 3 is 2.72 bits per heavy atom. The van der Waals surface area contributed by atoms with Gasteiger partial charge < -0.3 is 5.73 Å². The summed E-state index contributed by atoms with van der Waals surface area (Å²) in [5, 5.41) is 5.17. The van der Waals surface area contributed by atoms with Crippen molar-refractivity contribution in [2.24, 2.45) is 7.05 Å². The minimum Gasteiger partial charge on any atom is -0.398 e. The normalized spacial score (nSPS) is 11.0. The summed E-state index contributed by atoms with van der Waals surface area (Å²) in [6, 6.07) is 6.06. The number of benzene rings is 1. The molecule has 4 nitrogen and oxygen atoms in total. The highest BCUT2D eigenvalue weighted by Crippen LogP contribution is 2.27. The number of nitrogen functional groups attached to an aromatic ring is 1. The third-order valence-corrected chi connectivity index (χ3v) is 3.16. The van der Waals surface area contributed by atoms with Gasteiger partial charge in [-0.2, -0.15) is 5.10 Å². The minimum absolute atomic E-state index is 0.797. The lowest BCUT2D eigenvalue weighted by atomic mass is 10.1. The van der Waals surface area contributed by atoms with E-state index >= 15 is 0 Å². The second-order valence-corrected chi connectivity index (χ2v) is 4.49. The largest absolute Gasteiger partial charge is 0.398 e. The quantitative estimate of drug-likeness (QED) is 0.663. The van der Waals surface area contributed by atoms with Gasteiger partial charge in [-0.05, 0) is 24.6 Å². The van der Waals surface area contributed by atoms with Gasteiger partial charge in [0.05, 0.1) is 11.7 Å². The van der Waals surface area contributed by atoms with E-state index in [1.54, 1.807) is 4.68 Å². The monoisotopic (exact) mass is 238 g/mol.